The number of rotatable bonds is 5. The first kappa shape index (κ1) is 17.6. The normalized spacial score (nSPS) is 28.5. The highest BCUT2D eigenvalue weighted by molar-refractivity contribution is 5.80. The zero-order valence-corrected chi connectivity index (χ0v) is 15.8. The summed E-state index contributed by atoms with van der Waals surface area (Å²) in [6.07, 6.45) is 10.6. The van der Waals surface area contributed by atoms with Crippen LogP contribution < -0.4 is 0 Å². The van der Waals surface area contributed by atoms with E-state index in [0.717, 1.165) is 57.2 Å². The molecule has 1 aliphatic heterocycles. The van der Waals surface area contributed by atoms with Gasteiger partial charge in [-0.2, -0.15) is 0 Å². The molecule has 0 N–H and O–H groups in total. The van der Waals surface area contributed by atoms with E-state index >= 15 is 0 Å². The molecule has 1 unspecified atom stereocenters. The van der Waals surface area contributed by atoms with Gasteiger partial charge >= 0.3 is 0 Å². The van der Waals surface area contributed by atoms with Gasteiger partial charge < -0.3 is 14.4 Å². The fourth-order valence-electron chi connectivity index (χ4n) is 5.27. The Balaban J connectivity index is 1.29. The van der Waals surface area contributed by atoms with E-state index in [1.54, 1.807) is 0 Å². The topological polar surface area (TPSA) is 45.6 Å². The van der Waals surface area contributed by atoms with E-state index in [-0.39, 0.29) is 11.8 Å². The number of likely N-dealkylation sites (tertiary alicyclic amines) is 1. The Labute approximate surface area is 156 Å². The van der Waals surface area contributed by atoms with E-state index in [0.29, 0.717) is 18.5 Å². The number of hydrogen-bond donors (Lipinski definition) is 0. The van der Waals surface area contributed by atoms with Crippen LogP contribution in [0.5, 0.6) is 0 Å². The molecule has 3 aliphatic rings. The van der Waals surface area contributed by atoms with Crippen molar-refractivity contribution in [2.24, 2.45) is 17.8 Å². The molecule has 0 bridgehead atoms. The minimum Gasteiger partial charge on any atom is -0.345 e. The molecule has 2 saturated carbocycles. The largest absolute Gasteiger partial charge is 0.345 e. The van der Waals surface area contributed by atoms with E-state index in [4.69, 9.17) is 0 Å². The van der Waals surface area contributed by atoms with Crippen molar-refractivity contribution >= 4 is 11.8 Å². The fourth-order valence-corrected chi connectivity index (χ4v) is 5.27. The van der Waals surface area contributed by atoms with Crippen molar-refractivity contribution in [1.29, 1.82) is 0 Å². The Bertz CT molecular complexity index is 622. The lowest BCUT2D eigenvalue weighted by Crippen LogP contribution is -2.50. The molecule has 142 valence electrons. The number of carbonyl (C=O) groups excluding carboxylic acids is 2. The van der Waals surface area contributed by atoms with E-state index < -0.39 is 0 Å². The Morgan fingerprint density at radius 1 is 1.00 bits per heavy atom. The summed E-state index contributed by atoms with van der Waals surface area (Å²) in [4.78, 5) is 29.6. The summed E-state index contributed by atoms with van der Waals surface area (Å²) in [6.45, 7) is 4.85. The number of nitrogens with zero attached hydrogens (tertiary/aromatic N) is 3. The summed E-state index contributed by atoms with van der Waals surface area (Å²) < 4.78 is 1.92. The third kappa shape index (κ3) is 3.40. The highest BCUT2D eigenvalue weighted by Gasteiger charge is 2.44. The van der Waals surface area contributed by atoms with Gasteiger partial charge in [-0.25, -0.2) is 0 Å². The van der Waals surface area contributed by atoms with Crippen LogP contribution in [-0.2, 0) is 16.1 Å². The van der Waals surface area contributed by atoms with Crippen LogP contribution in [-0.4, -0.2) is 51.9 Å². The molecular weight excluding hydrogens is 326 g/mol. The molecule has 0 aromatic carbocycles. The molecule has 2 amide bonds. The van der Waals surface area contributed by atoms with E-state index in [1.165, 1.54) is 12.8 Å². The smallest absolute Gasteiger partial charge is 0.242 e. The maximum Gasteiger partial charge on any atom is 0.242 e. The molecule has 26 heavy (non-hydrogen) atoms. The van der Waals surface area contributed by atoms with Crippen LogP contribution in [0.3, 0.4) is 0 Å². The second kappa shape index (κ2) is 7.45. The standard InChI is InChI=1S/C21H31N3O2/c1-2-24(21(26)18-13-16-5-6-17(16)14-18)19-7-11-23(12-8-19)20(25)15-22-9-3-4-10-22/h3-4,9-10,16-19H,2,5-8,11-15H2,1H3/t16-,17+,18?. The number of hydrogen-bond acceptors (Lipinski definition) is 2. The third-order valence-electron chi connectivity index (χ3n) is 6.96. The van der Waals surface area contributed by atoms with E-state index in [1.807, 2.05) is 34.0 Å². The first-order valence-corrected chi connectivity index (χ1v) is 10.3. The molecule has 1 saturated heterocycles. The van der Waals surface area contributed by atoms with E-state index in [2.05, 4.69) is 11.8 Å². The third-order valence-corrected chi connectivity index (χ3v) is 6.96. The van der Waals surface area contributed by atoms with Gasteiger partial charge in [-0.15, -0.1) is 0 Å². The number of piperidine rings is 1. The molecule has 2 heterocycles. The zero-order chi connectivity index (χ0) is 18.1. The van der Waals surface area contributed by atoms with Crippen molar-refractivity contribution in [3.05, 3.63) is 24.5 Å². The Hall–Kier alpha value is -1.78. The highest BCUT2D eigenvalue weighted by Crippen LogP contribution is 2.50. The molecule has 3 fully saturated rings. The maximum absolute atomic E-state index is 13.1. The number of carbonyl (C=O) groups is 2. The molecular formula is C21H31N3O2. The van der Waals surface area contributed by atoms with Gasteiger partial charge in [0.25, 0.3) is 0 Å². The lowest BCUT2D eigenvalue weighted by atomic mass is 9.77. The molecule has 5 nitrogen and oxygen atoms in total. The summed E-state index contributed by atoms with van der Waals surface area (Å²) in [5, 5.41) is 0. The average molecular weight is 357 g/mol. The highest BCUT2D eigenvalue weighted by atomic mass is 16.2. The average Bonchev–Trinajstić information content (AvgIpc) is 3.24. The predicted molar refractivity (Wildman–Crippen MR) is 100 cm³/mol. The quantitative estimate of drug-likeness (QED) is 0.813. The van der Waals surface area contributed by atoms with Gasteiger partial charge in [-0.3, -0.25) is 9.59 Å². The molecule has 0 spiro atoms. The maximum atomic E-state index is 13.1. The van der Waals surface area contributed by atoms with Crippen molar-refractivity contribution in [2.45, 2.75) is 58.0 Å². The molecule has 3 atom stereocenters. The van der Waals surface area contributed by atoms with Crippen LogP contribution >= 0.6 is 0 Å². The second-order valence-corrected chi connectivity index (χ2v) is 8.36. The summed E-state index contributed by atoms with van der Waals surface area (Å²) in [5.41, 5.74) is 0. The predicted octanol–water partition coefficient (Wildman–Crippen LogP) is 2.76. The van der Waals surface area contributed by atoms with Crippen molar-refractivity contribution in [2.75, 3.05) is 19.6 Å². The molecule has 5 heteroatoms. The van der Waals surface area contributed by atoms with Gasteiger partial charge in [-0.05, 0) is 69.4 Å². The minimum atomic E-state index is 0.182. The monoisotopic (exact) mass is 357 g/mol. The Morgan fingerprint density at radius 2 is 1.62 bits per heavy atom. The SMILES string of the molecule is CCN(C(=O)C1C[C@H]2CC[C@H]2C1)C1CCN(C(=O)Cn2cccc2)CC1. The van der Waals surface area contributed by atoms with Crippen LogP contribution in [0.15, 0.2) is 24.5 Å². The first-order valence-electron chi connectivity index (χ1n) is 10.3. The van der Waals surface area contributed by atoms with Gasteiger partial charge in [0.1, 0.15) is 6.54 Å². The summed E-state index contributed by atoms with van der Waals surface area (Å²) in [5.74, 6) is 2.49. The number of amides is 2. The van der Waals surface area contributed by atoms with Gasteiger partial charge in [0, 0.05) is 44.0 Å². The Kier molecular flexibility index (Phi) is 5.05. The fraction of sp³-hybridized carbons (Fsp3) is 0.714. The van der Waals surface area contributed by atoms with Crippen molar-refractivity contribution in [3.8, 4) is 0 Å². The van der Waals surface area contributed by atoms with Gasteiger partial charge in [-0.1, -0.05) is 0 Å². The van der Waals surface area contributed by atoms with E-state index in [9.17, 15) is 9.59 Å². The lowest BCUT2D eigenvalue weighted by Gasteiger charge is -2.39. The first-order chi connectivity index (χ1) is 12.7. The van der Waals surface area contributed by atoms with Gasteiger partial charge in [0.2, 0.25) is 11.8 Å². The van der Waals surface area contributed by atoms with Gasteiger partial charge in [0.15, 0.2) is 0 Å². The number of aromatic nitrogens is 1. The summed E-state index contributed by atoms with van der Waals surface area (Å²) in [6, 6.07) is 4.19. The van der Waals surface area contributed by atoms with Crippen LogP contribution in [0.1, 0.15) is 45.4 Å². The van der Waals surface area contributed by atoms with Crippen LogP contribution in [0.2, 0.25) is 0 Å². The van der Waals surface area contributed by atoms with Crippen molar-refractivity contribution in [1.82, 2.24) is 14.4 Å². The molecule has 2 aliphatic carbocycles. The van der Waals surface area contributed by atoms with Gasteiger partial charge in [0.05, 0.1) is 0 Å². The van der Waals surface area contributed by atoms with Crippen LogP contribution in [0.25, 0.3) is 0 Å². The van der Waals surface area contributed by atoms with Crippen LogP contribution in [0, 0.1) is 17.8 Å². The molecule has 1 aromatic rings. The lowest BCUT2D eigenvalue weighted by molar-refractivity contribution is -0.140. The molecule has 4 rings (SSSR count). The van der Waals surface area contributed by atoms with Crippen molar-refractivity contribution < 1.29 is 9.59 Å². The zero-order valence-electron chi connectivity index (χ0n) is 15.8. The molecule has 1 aromatic heterocycles. The second-order valence-electron chi connectivity index (χ2n) is 8.36. The molecule has 0 radical (unpaired) electrons. The minimum absolute atomic E-state index is 0.182. The number of fused-ring (bicyclic) bond motifs is 1. The van der Waals surface area contributed by atoms with Crippen LogP contribution in [0.4, 0.5) is 0 Å². The van der Waals surface area contributed by atoms with Crippen molar-refractivity contribution in [3.63, 3.8) is 0 Å². The summed E-state index contributed by atoms with van der Waals surface area (Å²) in [7, 11) is 0. The summed E-state index contributed by atoms with van der Waals surface area (Å²) >= 11 is 0. The Morgan fingerprint density at radius 3 is 2.15 bits per heavy atom.